The number of rotatable bonds is 3. The van der Waals surface area contributed by atoms with Crippen molar-refractivity contribution in [2.75, 3.05) is 6.54 Å². The van der Waals surface area contributed by atoms with Gasteiger partial charge in [-0.3, -0.25) is 4.68 Å². The van der Waals surface area contributed by atoms with Crippen LogP contribution in [0.3, 0.4) is 0 Å². The summed E-state index contributed by atoms with van der Waals surface area (Å²) in [5.41, 5.74) is 2.15. The SMILES string of the molecule is Cc1cc2n(n1)CCN(C(=O)N[C@@H](c1cccs1)C1CCCCC1)C2. The number of hydrogen-bond donors (Lipinski definition) is 1. The third kappa shape index (κ3) is 3.59. The quantitative estimate of drug-likeness (QED) is 0.898. The molecule has 2 aromatic rings. The molecule has 5 nitrogen and oxygen atoms in total. The minimum Gasteiger partial charge on any atom is -0.330 e. The number of amides is 2. The van der Waals surface area contributed by atoms with Crippen LogP contribution in [-0.4, -0.2) is 27.3 Å². The summed E-state index contributed by atoms with van der Waals surface area (Å²) in [5, 5.41) is 9.95. The number of nitrogens with zero attached hydrogens (tertiary/aromatic N) is 3. The molecule has 0 unspecified atom stereocenters. The van der Waals surface area contributed by atoms with Gasteiger partial charge < -0.3 is 10.2 Å². The molecule has 4 rings (SSSR count). The minimum absolute atomic E-state index is 0.0640. The molecular formula is C19H26N4OS. The predicted molar refractivity (Wildman–Crippen MR) is 99.5 cm³/mol. The van der Waals surface area contributed by atoms with Crippen molar-refractivity contribution in [1.82, 2.24) is 20.0 Å². The van der Waals surface area contributed by atoms with Crippen molar-refractivity contribution < 1.29 is 4.79 Å². The maximum atomic E-state index is 13.0. The smallest absolute Gasteiger partial charge is 0.318 e. The van der Waals surface area contributed by atoms with Gasteiger partial charge in [0.15, 0.2) is 0 Å². The number of urea groups is 1. The van der Waals surface area contributed by atoms with E-state index < -0.39 is 0 Å². The molecule has 0 aromatic carbocycles. The highest BCUT2D eigenvalue weighted by molar-refractivity contribution is 7.10. The normalized spacial score (nSPS) is 19.5. The second kappa shape index (κ2) is 7.20. The van der Waals surface area contributed by atoms with Crippen molar-refractivity contribution in [3.05, 3.63) is 39.8 Å². The van der Waals surface area contributed by atoms with Crippen LogP contribution < -0.4 is 5.32 Å². The minimum atomic E-state index is 0.0640. The zero-order chi connectivity index (χ0) is 17.2. The molecule has 2 aromatic heterocycles. The summed E-state index contributed by atoms with van der Waals surface area (Å²) in [6.45, 7) is 4.16. The zero-order valence-electron chi connectivity index (χ0n) is 14.8. The fraction of sp³-hybridized carbons (Fsp3) is 0.579. The van der Waals surface area contributed by atoms with Gasteiger partial charge in [-0.25, -0.2) is 4.79 Å². The number of fused-ring (bicyclic) bond motifs is 1. The van der Waals surface area contributed by atoms with Crippen LogP contribution >= 0.6 is 11.3 Å². The second-order valence-electron chi connectivity index (χ2n) is 7.26. The average Bonchev–Trinajstić information content (AvgIpc) is 3.28. The van der Waals surface area contributed by atoms with E-state index in [4.69, 9.17) is 0 Å². The molecule has 0 bridgehead atoms. The first-order valence-electron chi connectivity index (χ1n) is 9.33. The summed E-state index contributed by atoms with van der Waals surface area (Å²) < 4.78 is 2.02. The summed E-state index contributed by atoms with van der Waals surface area (Å²) in [6, 6.07) is 6.55. The Hall–Kier alpha value is -1.82. The molecule has 2 aliphatic rings. The zero-order valence-corrected chi connectivity index (χ0v) is 15.6. The number of hydrogen-bond acceptors (Lipinski definition) is 3. The lowest BCUT2D eigenvalue weighted by molar-refractivity contribution is 0.168. The molecule has 1 aliphatic heterocycles. The third-order valence-corrected chi connectivity index (χ3v) is 6.41. The van der Waals surface area contributed by atoms with E-state index in [1.54, 1.807) is 11.3 Å². The van der Waals surface area contributed by atoms with Gasteiger partial charge in [0, 0.05) is 11.4 Å². The standard InChI is InChI=1S/C19H26N4OS/c1-14-12-16-13-22(9-10-23(16)21-14)19(24)20-18(17-8-5-11-25-17)15-6-3-2-4-7-15/h5,8,11-12,15,18H,2-4,6-7,9-10,13H2,1H3,(H,20,24)/t18-/m1/s1. The Morgan fingerprint density at radius 2 is 2.16 bits per heavy atom. The summed E-state index contributed by atoms with van der Waals surface area (Å²) in [6.07, 6.45) is 6.33. The number of carbonyl (C=O) groups excluding carboxylic acids is 1. The highest BCUT2D eigenvalue weighted by Gasteiger charge is 2.30. The van der Waals surface area contributed by atoms with Crippen LogP contribution in [0.25, 0.3) is 0 Å². The molecule has 0 spiro atoms. The lowest BCUT2D eigenvalue weighted by atomic mass is 9.83. The van der Waals surface area contributed by atoms with Crippen molar-refractivity contribution in [3.63, 3.8) is 0 Å². The van der Waals surface area contributed by atoms with Crippen LogP contribution in [0, 0.1) is 12.8 Å². The Morgan fingerprint density at radius 1 is 1.32 bits per heavy atom. The second-order valence-corrected chi connectivity index (χ2v) is 8.24. The van der Waals surface area contributed by atoms with E-state index in [2.05, 4.69) is 34.0 Å². The molecule has 1 fully saturated rings. The van der Waals surface area contributed by atoms with E-state index in [1.807, 2.05) is 16.5 Å². The lowest BCUT2D eigenvalue weighted by Crippen LogP contribution is -2.46. The Balaban J connectivity index is 1.47. The van der Waals surface area contributed by atoms with Crippen LogP contribution in [0.5, 0.6) is 0 Å². The van der Waals surface area contributed by atoms with Crippen molar-refractivity contribution >= 4 is 17.4 Å². The van der Waals surface area contributed by atoms with Crippen LogP contribution in [0.4, 0.5) is 4.79 Å². The number of nitrogens with one attached hydrogen (secondary N) is 1. The molecule has 0 saturated heterocycles. The summed E-state index contributed by atoms with van der Waals surface area (Å²) >= 11 is 1.76. The molecule has 1 N–H and O–H groups in total. The van der Waals surface area contributed by atoms with Gasteiger partial charge in [0.25, 0.3) is 0 Å². The molecule has 3 heterocycles. The predicted octanol–water partition coefficient (Wildman–Crippen LogP) is 4.10. The molecule has 25 heavy (non-hydrogen) atoms. The fourth-order valence-electron chi connectivity index (χ4n) is 4.16. The van der Waals surface area contributed by atoms with Gasteiger partial charge >= 0.3 is 6.03 Å². The van der Waals surface area contributed by atoms with Gasteiger partial charge in [-0.05, 0) is 43.2 Å². The first kappa shape index (κ1) is 16.6. The van der Waals surface area contributed by atoms with E-state index in [0.717, 1.165) is 24.5 Å². The van der Waals surface area contributed by atoms with Crippen molar-refractivity contribution in [2.45, 2.75) is 58.2 Å². The van der Waals surface area contributed by atoms with Gasteiger partial charge in [0.2, 0.25) is 0 Å². The van der Waals surface area contributed by atoms with Gasteiger partial charge in [0.05, 0.1) is 30.5 Å². The van der Waals surface area contributed by atoms with E-state index >= 15 is 0 Å². The summed E-state index contributed by atoms with van der Waals surface area (Å²) in [7, 11) is 0. The number of thiophene rings is 1. The van der Waals surface area contributed by atoms with Crippen LogP contribution in [-0.2, 0) is 13.1 Å². The fourth-order valence-corrected chi connectivity index (χ4v) is 5.03. The van der Waals surface area contributed by atoms with Crippen LogP contribution in [0.2, 0.25) is 0 Å². The van der Waals surface area contributed by atoms with Gasteiger partial charge in [-0.15, -0.1) is 11.3 Å². The van der Waals surface area contributed by atoms with Gasteiger partial charge in [0.1, 0.15) is 0 Å². The Morgan fingerprint density at radius 3 is 2.92 bits per heavy atom. The first-order valence-corrected chi connectivity index (χ1v) is 10.2. The maximum absolute atomic E-state index is 13.0. The molecule has 1 atom stereocenters. The molecule has 134 valence electrons. The van der Waals surface area contributed by atoms with Crippen molar-refractivity contribution in [3.8, 4) is 0 Å². The molecule has 2 amide bonds. The Kier molecular flexibility index (Phi) is 4.79. The first-order chi connectivity index (χ1) is 12.2. The molecule has 0 radical (unpaired) electrons. The van der Waals surface area contributed by atoms with E-state index in [9.17, 15) is 4.79 Å². The van der Waals surface area contributed by atoms with E-state index in [1.165, 1.54) is 37.0 Å². The largest absolute Gasteiger partial charge is 0.330 e. The highest BCUT2D eigenvalue weighted by Crippen LogP contribution is 2.36. The van der Waals surface area contributed by atoms with E-state index in [-0.39, 0.29) is 12.1 Å². The maximum Gasteiger partial charge on any atom is 0.318 e. The number of carbonyl (C=O) groups is 1. The molecular weight excluding hydrogens is 332 g/mol. The topological polar surface area (TPSA) is 50.2 Å². The van der Waals surface area contributed by atoms with Gasteiger partial charge in [-0.1, -0.05) is 25.3 Å². The van der Waals surface area contributed by atoms with Crippen molar-refractivity contribution in [1.29, 1.82) is 0 Å². The van der Waals surface area contributed by atoms with Crippen LogP contribution in [0.15, 0.2) is 23.6 Å². The third-order valence-electron chi connectivity index (χ3n) is 5.46. The number of aryl methyl sites for hydroxylation is 1. The van der Waals surface area contributed by atoms with Crippen molar-refractivity contribution in [2.24, 2.45) is 5.92 Å². The molecule has 1 aliphatic carbocycles. The average molecular weight is 359 g/mol. The molecule has 1 saturated carbocycles. The highest BCUT2D eigenvalue weighted by atomic mass is 32.1. The number of aromatic nitrogens is 2. The summed E-state index contributed by atoms with van der Waals surface area (Å²) in [5.74, 6) is 0.564. The molecule has 6 heteroatoms. The van der Waals surface area contributed by atoms with Crippen LogP contribution in [0.1, 0.15) is 54.4 Å². The Labute approximate surface area is 153 Å². The lowest BCUT2D eigenvalue weighted by Gasteiger charge is -2.34. The van der Waals surface area contributed by atoms with E-state index in [0.29, 0.717) is 12.5 Å². The monoisotopic (exact) mass is 358 g/mol. The summed E-state index contributed by atoms with van der Waals surface area (Å²) in [4.78, 5) is 16.2. The van der Waals surface area contributed by atoms with Gasteiger partial charge in [-0.2, -0.15) is 5.10 Å². The Bertz CT molecular complexity index is 718.